The number of nitrogens with one attached hydrogen (secondary N) is 1. The molecule has 0 aromatic carbocycles. The Kier molecular flexibility index (Phi) is 5.68. The van der Waals surface area contributed by atoms with Crippen molar-refractivity contribution in [2.24, 2.45) is 0 Å². The van der Waals surface area contributed by atoms with E-state index in [9.17, 15) is 9.59 Å². The Morgan fingerprint density at radius 1 is 1.56 bits per heavy atom. The highest BCUT2D eigenvalue weighted by Gasteiger charge is 2.31. The number of carbonyl (C=O) groups excluding carboxylic acids is 1. The van der Waals surface area contributed by atoms with Gasteiger partial charge in [-0.1, -0.05) is 6.08 Å². The smallest absolute Gasteiger partial charge is 0.318 e. The van der Waals surface area contributed by atoms with Gasteiger partial charge in [0.15, 0.2) is 0 Å². The van der Waals surface area contributed by atoms with Crippen molar-refractivity contribution in [3.8, 4) is 0 Å². The van der Waals surface area contributed by atoms with Gasteiger partial charge >= 0.3 is 12.0 Å². The van der Waals surface area contributed by atoms with Crippen LogP contribution < -0.4 is 5.32 Å². The molecule has 1 atom stereocenters. The lowest BCUT2D eigenvalue weighted by molar-refractivity contribution is -0.137. The van der Waals surface area contributed by atoms with Crippen LogP contribution in [-0.4, -0.2) is 40.6 Å². The van der Waals surface area contributed by atoms with E-state index in [0.29, 0.717) is 25.4 Å². The molecule has 1 aliphatic carbocycles. The van der Waals surface area contributed by atoms with Gasteiger partial charge in [0.1, 0.15) is 0 Å². The SMILES string of the molecule is C=CCN(C(=O)NC(C)CCCC(=O)O)C1CC1. The van der Waals surface area contributed by atoms with Crippen LogP contribution in [0.4, 0.5) is 4.79 Å². The van der Waals surface area contributed by atoms with Crippen LogP contribution in [0.1, 0.15) is 39.0 Å². The van der Waals surface area contributed by atoms with Gasteiger partial charge < -0.3 is 15.3 Å². The fourth-order valence-electron chi connectivity index (χ4n) is 1.85. The molecule has 0 radical (unpaired) electrons. The molecular weight excluding hydrogens is 232 g/mol. The molecule has 0 aromatic rings. The first kappa shape index (κ1) is 14.5. The number of amides is 2. The van der Waals surface area contributed by atoms with Crippen molar-refractivity contribution >= 4 is 12.0 Å². The Balaban J connectivity index is 2.28. The molecule has 0 saturated heterocycles. The van der Waals surface area contributed by atoms with E-state index in [1.54, 1.807) is 11.0 Å². The maximum Gasteiger partial charge on any atom is 0.318 e. The zero-order valence-corrected chi connectivity index (χ0v) is 10.9. The third kappa shape index (κ3) is 5.21. The minimum Gasteiger partial charge on any atom is -0.481 e. The van der Waals surface area contributed by atoms with Gasteiger partial charge in [0.25, 0.3) is 0 Å². The second kappa shape index (κ2) is 7.03. The molecule has 1 unspecified atom stereocenters. The topological polar surface area (TPSA) is 69.6 Å². The predicted molar refractivity (Wildman–Crippen MR) is 69.4 cm³/mol. The highest BCUT2D eigenvalue weighted by Crippen LogP contribution is 2.26. The van der Waals surface area contributed by atoms with Crippen LogP contribution in [0.25, 0.3) is 0 Å². The zero-order chi connectivity index (χ0) is 13.5. The predicted octanol–water partition coefficient (Wildman–Crippen LogP) is 1.99. The lowest BCUT2D eigenvalue weighted by atomic mass is 10.1. The van der Waals surface area contributed by atoms with Gasteiger partial charge in [0.05, 0.1) is 0 Å². The number of hydrogen-bond acceptors (Lipinski definition) is 2. The molecule has 1 fully saturated rings. The molecule has 0 bridgehead atoms. The number of carbonyl (C=O) groups is 2. The van der Waals surface area contributed by atoms with Crippen LogP contribution in [0, 0.1) is 0 Å². The Hall–Kier alpha value is -1.52. The van der Waals surface area contributed by atoms with Crippen LogP contribution in [0.2, 0.25) is 0 Å². The van der Waals surface area contributed by atoms with E-state index < -0.39 is 5.97 Å². The van der Waals surface area contributed by atoms with Gasteiger partial charge in [0.2, 0.25) is 0 Å². The average molecular weight is 254 g/mol. The summed E-state index contributed by atoms with van der Waals surface area (Å²) in [6.45, 7) is 6.12. The first-order valence-electron chi connectivity index (χ1n) is 6.44. The molecule has 2 N–H and O–H groups in total. The Labute approximate surface area is 108 Å². The maximum absolute atomic E-state index is 12.0. The second-order valence-corrected chi connectivity index (χ2v) is 4.81. The van der Waals surface area contributed by atoms with E-state index in [2.05, 4.69) is 11.9 Å². The fourth-order valence-corrected chi connectivity index (χ4v) is 1.85. The lowest BCUT2D eigenvalue weighted by Crippen LogP contribution is -2.45. The molecule has 0 aliphatic heterocycles. The number of urea groups is 1. The molecule has 102 valence electrons. The van der Waals surface area contributed by atoms with Crippen molar-refractivity contribution in [3.05, 3.63) is 12.7 Å². The Morgan fingerprint density at radius 3 is 2.72 bits per heavy atom. The van der Waals surface area contributed by atoms with Gasteiger partial charge in [-0.25, -0.2) is 4.79 Å². The summed E-state index contributed by atoms with van der Waals surface area (Å²) in [5.41, 5.74) is 0. The van der Waals surface area contributed by atoms with Crippen molar-refractivity contribution in [1.82, 2.24) is 10.2 Å². The lowest BCUT2D eigenvalue weighted by Gasteiger charge is -2.23. The number of carboxylic acid groups (broad SMARTS) is 1. The van der Waals surface area contributed by atoms with Crippen LogP contribution in [0.5, 0.6) is 0 Å². The summed E-state index contributed by atoms with van der Waals surface area (Å²) in [5, 5.41) is 11.4. The number of carboxylic acids is 1. The van der Waals surface area contributed by atoms with Crippen molar-refractivity contribution in [3.63, 3.8) is 0 Å². The normalized spacial score (nSPS) is 15.8. The largest absolute Gasteiger partial charge is 0.481 e. The highest BCUT2D eigenvalue weighted by molar-refractivity contribution is 5.75. The van der Waals surface area contributed by atoms with E-state index in [0.717, 1.165) is 12.8 Å². The molecule has 2 amide bonds. The molecule has 0 spiro atoms. The molecule has 5 heteroatoms. The zero-order valence-electron chi connectivity index (χ0n) is 10.9. The van der Waals surface area contributed by atoms with Crippen molar-refractivity contribution in [1.29, 1.82) is 0 Å². The molecular formula is C13H22N2O3. The molecule has 1 saturated carbocycles. The van der Waals surface area contributed by atoms with Gasteiger partial charge in [0, 0.05) is 25.0 Å². The molecule has 1 aliphatic rings. The van der Waals surface area contributed by atoms with Crippen LogP contribution in [0.15, 0.2) is 12.7 Å². The quantitative estimate of drug-likeness (QED) is 0.651. The van der Waals surface area contributed by atoms with Gasteiger partial charge in [-0.3, -0.25) is 4.79 Å². The van der Waals surface area contributed by atoms with Crippen molar-refractivity contribution in [2.45, 2.75) is 51.1 Å². The van der Waals surface area contributed by atoms with Gasteiger partial charge in [-0.15, -0.1) is 6.58 Å². The van der Waals surface area contributed by atoms with E-state index in [1.165, 1.54) is 0 Å². The monoisotopic (exact) mass is 254 g/mol. The van der Waals surface area contributed by atoms with Gasteiger partial charge in [-0.05, 0) is 32.6 Å². The molecule has 18 heavy (non-hydrogen) atoms. The Morgan fingerprint density at radius 2 is 2.22 bits per heavy atom. The summed E-state index contributed by atoms with van der Waals surface area (Å²) in [7, 11) is 0. The highest BCUT2D eigenvalue weighted by atomic mass is 16.4. The summed E-state index contributed by atoms with van der Waals surface area (Å²) < 4.78 is 0. The number of hydrogen-bond donors (Lipinski definition) is 2. The minimum absolute atomic E-state index is 0.00270. The van der Waals surface area contributed by atoms with Crippen LogP contribution in [-0.2, 0) is 4.79 Å². The molecule has 0 heterocycles. The summed E-state index contributed by atoms with van der Waals surface area (Å²) in [6.07, 6.45) is 5.28. The average Bonchev–Trinajstić information content (AvgIpc) is 3.08. The summed E-state index contributed by atoms with van der Waals surface area (Å²) in [4.78, 5) is 24.2. The van der Waals surface area contributed by atoms with Crippen LogP contribution in [0.3, 0.4) is 0 Å². The third-order valence-corrected chi connectivity index (χ3v) is 2.97. The van der Waals surface area contributed by atoms with E-state index in [4.69, 9.17) is 5.11 Å². The van der Waals surface area contributed by atoms with Crippen molar-refractivity contribution < 1.29 is 14.7 Å². The fraction of sp³-hybridized carbons (Fsp3) is 0.692. The van der Waals surface area contributed by atoms with E-state index in [-0.39, 0.29) is 18.5 Å². The first-order valence-corrected chi connectivity index (χ1v) is 6.44. The third-order valence-electron chi connectivity index (χ3n) is 2.97. The second-order valence-electron chi connectivity index (χ2n) is 4.81. The van der Waals surface area contributed by atoms with Gasteiger partial charge in [-0.2, -0.15) is 0 Å². The van der Waals surface area contributed by atoms with E-state index in [1.807, 2.05) is 6.92 Å². The Bertz CT molecular complexity index is 313. The molecule has 0 aromatic heterocycles. The number of rotatable bonds is 8. The summed E-state index contributed by atoms with van der Waals surface area (Å²) in [5.74, 6) is -0.792. The minimum atomic E-state index is -0.792. The molecule has 5 nitrogen and oxygen atoms in total. The van der Waals surface area contributed by atoms with Crippen molar-refractivity contribution in [2.75, 3.05) is 6.54 Å². The maximum atomic E-state index is 12.0. The van der Waals surface area contributed by atoms with Crippen LogP contribution >= 0.6 is 0 Å². The molecule has 1 rings (SSSR count). The first-order chi connectivity index (χ1) is 8.54. The summed E-state index contributed by atoms with van der Waals surface area (Å²) >= 11 is 0. The summed E-state index contributed by atoms with van der Waals surface area (Å²) in [6, 6.07) is 0.289. The number of nitrogens with zero attached hydrogens (tertiary/aromatic N) is 1. The standard InChI is InChI=1S/C13H22N2O3/c1-3-9-15(11-7-8-11)13(18)14-10(2)5-4-6-12(16)17/h3,10-11H,1,4-9H2,2H3,(H,14,18)(H,16,17). The number of aliphatic carboxylic acids is 1. The van der Waals surface area contributed by atoms with E-state index >= 15 is 0 Å².